The third kappa shape index (κ3) is 4.06. The molecule has 3 nitrogen and oxygen atoms in total. The van der Waals surface area contributed by atoms with Crippen LogP contribution < -0.4 is 5.46 Å². The molecule has 0 spiro atoms. The molecule has 0 heterocycles. The van der Waals surface area contributed by atoms with Gasteiger partial charge in [0.1, 0.15) is 0 Å². The van der Waals surface area contributed by atoms with Crippen molar-refractivity contribution in [1.29, 1.82) is 0 Å². The molecule has 0 saturated heterocycles. The monoisotopic (exact) mass is 261 g/mol. The molecule has 0 radical (unpaired) electrons. The Labute approximate surface area is 116 Å². The van der Waals surface area contributed by atoms with Crippen LogP contribution in [-0.2, 0) is 6.54 Å². The summed E-state index contributed by atoms with van der Waals surface area (Å²) in [6, 6.07) is 8.22. The summed E-state index contributed by atoms with van der Waals surface area (Å²) in [5, 5.41) is 18.8. The van der Waals surface area contributed by atoms with Crippen molar-refractivity contribution in [3.63, 3.8) is 0 Å². The lowest BCUT2D eigenvalue weighted by Gasteiger charge is -2.28. The Kier molecular flexibility index (Phi) is 5.43. The molecule has 1 fully saturated rings. The van der Waals surface area contributed by atoms with E-state index in [-0.39, 0.29) is 0 Å². The zero-order valence-electron chi connectivity index (χ0n) is 11.8. The SMILES string of the molecule is CN(Cc1ccccc1B(O)O)C1CCCCCC1. The van der Waals surface area contributed by atoms with Crippen molar-refractivity contribution in [3.8, 4) is 0 Å². The summed E-state index contributed by atoms with van der Waals surface area (Å²) in [4.78, 5) is 2.37. The third-order valence-corrected chi connectivity index (χ3v) is 4.20. The number of benzene rings is 1. The highest BCUT2D eigenvalue weighted by Crippen LogP contribution is 2.22. The molecule has 1 aromatic carbocycles. The van der Waals surface area contributed by atoms with Crippen LogP contribution in [0.15, 0.2) is 24.3 Å². The van der Waals surface area contributed by atoms with Crippen LogP contribution in [0.4, 0.5) is 0 Å². The van der Waals surface area contributed by atoms with Gasteiger partial charge in [-0.2, -0.15) is 0 Å². The highest BCUT2D eigenvalue weighted by atomic mass is 16.4. The zero-order chi connectivity index (χ0) is 13.7. The van der Waals surface area contributed by atoms with Gasteiger partial charge in [-0.05, 0) is 30.9 Å². The first-order valence-corrected chi connectivity index (χ1v) is 7.32. The number of hydrogen-bond acceptors (Lipinski definition) is 3. The van der Waals surface area contributed by atoms with Crippen LogP contribution in [0.5, 0.6) is 0 Å². The Morgan fingerprint density at radius 1 is 1.11 bits per heavy atom. The van der Waals surface area contributed by atoms with Crippen LogP contribution in [0.25, 0.3) is 0 Å². The van der Waals surface area contributed by atoms with Gasteiger partial charge >= 0.3 is 7.12 Å². The topological polar surface area (TPSA) is 43.7 Å². The molecule has 1 aliphatic carbocycles. The van der Waals surface area contributed by atoms with E-state index in [2.05, 4.69) is 11.9 Å². The number of rotatable bonds is 4. The molecule has 104 valence electrons. The molecule has 0 bridgehead atoms. The Bertz CT molecular complexity index is 389. The fourth-order valence-corrected chi connectivity index (χ4v) is 3.03. The third-order valence-electron chi connectivity index (χ3n) is 4.20. The number of nitrogens with zero attached hydrogens (tertiary/aromatic N) is 1. The van der Waals surface area contributed by atoms with Crippen LogP contribution in [0, 0.1) is 0 Å². The average molecular weight is 261 g/mol. The first-order chi connectivity index (χ1) is 9.18. The molecule has 1 saturated carbocycles. The molecular formula is C15H24BNO2. The predicted molar refractivity (Wildman–Crippen MR) is 79.2 cm³/mol. The van der Waals surface area contributed by atoms with Gasteiger partial charge in [0, 0.05) is 12.6 Å². The maximum atomic E-state index is 9.41. The summed E-state index contributed by atoms with van der Waals surface area (Å²) in [6.07, 6.45) is 7.88. The minimum Gasteiger partial charge on any atom is -0.423 e. The maximum absolute atomic E-state index is 9.41. The predicted octanol–water partition coefficient (Wildman–Crippen LogP) is 1.52. The summed E-state index contributed by atoms with van der Waals surface area (Å²) in [5.41, 5.74) is 1.65. The van der Waals surface area contributed by atoms with E-state index < -0.39 is 7.12 Å². The summed E-state index contributed by atoms with van der Waals surface area (Å²) in [6.45, 7) is 0.790. The van der Waals surface area contributed by atoms with E-state index in [1.54, 1.807) is 6.07 Å². The lowest BCUT2D eigenvalue weighted by Crippen LogP contribution is -2.37. The van der Waals surface area contributed by atoms with Crippen molar-refractivity contribution in [2.45, 2.75) is 51.1 Å². The van der Waals surface area contributed by atoms with E-state index in [0.717, 1.165) is 12.1 Å². The molecule has 0 atom stereocenters. The standard InChI is InChI=1S/C15H24BNO2/c1-17(14-9-4-2-3-5-10-14)12-13-8-6-7-11-15(13)16(18)19/h6-8,11,14,18-19H,2-5,9-10,12H2,1H3. The van der Waals surface area contributed by atoms with Gasteiger partial charge < -0.3 is 10.0 Å². The maximum Gasteiger partial charge on any atom is 0.488 e. The summed E-state index contributed by atoms with van der Waals surface area (Å²) >= 11 is 0. The molecular weight excluding hydrogens is 237 g/mol. The summed E-state index contributed by atoms with van der Waals surface area (Å²) < 4.78 is 0. The second-order valence-electron chi connectivity index (χ2n) is 5.63. The minimum atomic E-state index is -1.38. The molecule has 0 amide bonds. The van der Waals surface area contributed by atoms with E-state index in [1.165, 1.54) is 38.5 Å². The largest absolute Gasteiger partial charge is 0.488 e. The first kappa shape index (κ1) is 14.6. The van der Waals surface area contributed by atoms with Gasteiger partial charge in [0.05, 0.1) is 0 Å². The molecule has 0 unspecified atom stereocenters. The molecule has 0 aliphatic heterocycles. The highest BCUT2D eigenvalue weighted by Gasteiger charge is 2.20. The van der Waals surface area contributed by atoms with E-state index in [9.17, 15) is 10.0 Å². The second-order valence-corrected chi connectivity index (χ2v) is 5.63. The fraction of sp³-hybridized carbons (Fsp3) is 0.600. The van der Waals surface area contributed by atoms with Gasteiger partial charge in [0.2, 0.25) is 0 Å². The van der Waals surface area contributed by atoms with Crippen LogP contribution >= 0.6 is 0 Å². The smallest absolute Gasteiger partial charge is 0.423 e. The van der Waals surface area contributed by atoms with Crippen LogP contribution in [-0.4, -0.2) is 35.2 Å². The van der Waals surface area contributed by atoms with Crippen molar-refractivity contribution < 1.29 is 10.0 Å². The van der Waals surface area contributed by atoms with Gasteiger partial charge in [-0.25, -0.2) is 0 Å². The lowest BCUT2D eigenvalue weighted by molar-refractivity contribution is 0.213. The zero-order valence-corrected chi connectivity index (χ0v) is 11.8. The fourth-order valence-electron chi connectivity index (χ4n) is 3.03. The second kappa shape index (κ2) is 7.08. The van der Waals surface area contributed by atoms with Crippen LogP contribution in [0.1, 0.15) is 44.1 Å². The van der Waals surface area contributed by atoms with Crippen LogP contribution in [0.3, 0.4) is 0 Å². The Balaban J connectivity index is 2.03. The Hall–Kier alpha value is -0.835. The first-order valence-electron chi connectivity index (χ1n) is 7.32. The van der Waals surface area contributed by atoms with Gasteiger partial charge in [-0.15, -0.1) is 0 Å². The summed E-state index contributed by atoms with van der Waals surface area (Å²) in [7, 11) is 0.773. The quantitative estimate of drug-likeness (QED) is 0.638. The van der Waals surface area contributed by atoms with Gasteiger partial charge in [0.25, 0.3) is 0 Å². The van der Waals surface area contributed by atoms with Gasteiger partial charge in [0.15, 0.2) is 0 Å². The minimum absolute atomic E-state index is 0.628. The summed E-state index contributed by atoms with van der Waals surface area (Å²) in [5.74, 6) is 0. The van der Waals surface area contributed by atoms with Gasteiger partial charge in [-0.3, -0.25) is 4.90 Å². The van der Waals surface area contributed by atoms with E-state index in [4.69, 9.17) is 0 Å². The lowest BCUT2D eigenvalue weighted by atomic mass is 9.77. The highest BCUT2D eigenvalue weighted by molar-refractivity contribution is 6.59. The molecule has 1 aromatic rings. The molecule has 1 aliphatic rings. The van der Waals surface area contributed by atoms with Gasteiger partial charge in [-0.1, -0.05) is 49.9 Å². The Morgan fingerprint density at radius 2 is 1.74 bits per heavy atom. The number of hydrogen-bond donors (Lipinski definition) is 2. The van der Waals surface area contributed by atoms with Crippen molar-refractivity contribution >= 4 is 12.6 Å². The molecule has 0 aromatic heterocycles. The Morgan fingerprint density at radius 3 is 2.37 bits per heavy atom. The average Bonchev–Trinajstić information content (AvgIpc) is 2.68. The molecule has 2 N–H and O–H groups in total. The van der Waals surface area contributed by atoms with Crippen molar-refractivity contribution in [2.24, 2.45) is 0 Å². The molecule has 2 rings (SSSR count). The normalized spacial score (nSPS) is 17.5. The van der Waals surface area contributed by atoms with E-state index >= 15 is 0 Å². The van der Waals surface area contributed by atoms with Crippen molar-refractivity contribution in [1.82, 2.24) is 4.90 Å². The van der Waals surface area contributed by atoms with Crippen LogP contribution in [0.2, 0.25) is 0 Å². The van der Waals surface area contributed by atoms with Crippen molar-refractivity contribution in [3.05, 3.63) is 29.8 Å². The molecule has 19 heavy (non-hydrogen) atoms. The van der Waals surface area contributed by atoms with Crippen molar-refractivity contribution in [2.75, 3.05) is 7.05 Å². The molecule has 4 heteroatoms. The van der Waals surface area contributed by atoms with E-state index in [0.29, 0.717) is 11.5 Å². The van der Waals surface area contributed by atoms with E-state index in [1.807, 2.05) is 18.2 Å².